The van der Waals surface area contributed by atoms with E-state index >= 15 is 0 Å². The van der Waals surface area contributed by atoms with E-state index in [0.717, 1.165) is 12.1 Å². The zero-order chi connectivity index (χ0) is 10.4. The molecule has 0 aromatic heterocycles. The number of carboxylic acid groups (broad SMARTS) is 1. The molecule has 0 saturated heterocycles. The normalized spacial score (nSPS) is 10.8. The van der Waals surface area contributed by atoms with Crippen LogP contribution in [0.1, 0.15) is 27.2 Å². The highest BCUT2D eigenvalue weighted by Crippen LogP contribution is 2.03. The SMILES string of the molecule is C=C(C)CN(CCC(=O)O)C(C)C. The van der Waals surface area contributed by atoms with E-state index < -0.39 is 5.97 Å². The first kappa shape index (κ1) is 12.2. The molecule has 0 radical (unpaired) electrons. The number of hydrogen-bond donors (Lipinski definition) is 1. The van der Waals surface area contributed by atoms with Crippen LogP contribution in [0.3, 0.4) is 0 Å². The molecule has 0 unspecified atom stereocenters. The monoisotopic (exact) mass is 185 g/mol. The molecule has 0 bridgehead atoms. The van der Waals surface area contributed by atoms with Gasteiger partial charge in [-0.3, -0.25) is 9.69 Å². The fourth-order valence-electron chi connectivity index (χ4n) is 1.11. The fourth-order valence-corrected chi connectivity index (χ4v) is 1.11. The van der Waals surface area contributed by atoms with Crippen LogP contribution >= 0.6 is 0 Å². The van der Waals surface area contributed by atoms with Gasteiger partial charge in [0.25, 0.3) is 0 Å². The van der Waals surface area contributed by atoms with E-state index in [4.69, 9.17) is 5.11 Å². The molecule has 0 aliphatic heterocycles. The molecular formula is C10H19NO2. The van der Waals surface area contributed by atoms with E-state index in [1.165, 1.54) is 0 Å². The lowest BCUT2D eigenvalue weighted by molar-refractivity contribution is -0.137. The molecule has 76 valence electrons. The second-order valence-corrected chi connectivity index (χ2v) is 3.67. The van der Waals surface area contributed by atoms with Gasteiger partial charge in [0.15, 0.2) is 0 Å². The van der Waals surface area contributed by atoms with Crippen molar-refractivity contribution in [3.63, 3.8) is 0 Å². The van der Waals surface area contributed by atoms with Crippen LogP contribution in [-0.2, 0) is 4.79 Å². The number of carbonyl (C=O) groups is 1. The van der Waals surface area contributed by atoms with Crippen LogP contribution in [-0.4, -0.2) is 35.1 Å². The number of hydrogen-bond acceptors (Lipinski definition) is 2. The zero-order valence-corrected chi connectivity index (χ0v) is 8.71. The van der Waals surface area contributed by atoms with Crippen molar-refractivity contribution in [2.45, 2.75) is 33.2 Å². The molecule has 0 heterocycles. The van der Waals surface area contributed by atoms with E-state index in [9.17, 15) is 4.79 Å². The average Bonchev–Trinajstić information content (AvgIpc) is 1.96. The highest BCUT2D eigenvalue weighted by atomic mass is 16.4. The number of aliphatic carboxylic acids is 1. The number of rotatable bonds is 6. The fraction of sp³-hybridized carbons (Fsp3) is 0.700. The Balaban J connectivity index is 3.95. The Labute approximate surface area is 80.0 Å². The summed E-state index contributed by atoms with van der Waals surface area (Å²) in [6.07, 6.45) is 0.200. The molecule has 0 aliphatic carbocycles. The van der Waals surface area contributed by atoms with Crippen molar-refractivity contribution in [2.24, 2.45) is 0 Å². The van der Waals surface area contributed by atoms with E-state index in [2.05, 4.69) is 25.3 Å². The Kier molecular flexibility index (Phi) is 5.39. The molecule has 0 aliphatic rings. The van der Waals surface area contributed by atoms with Crippen molar-refractivity contribution in [1.29, 1.82) is 0 Å². The summed E-state index contributed by atoms with van der Waals surface area (Å²) >= 11 is 0. The molecule has 0 aromatic carbocycles. The molecule has 0 aromatic rings. The predicted octanol–water partition coefficient (Wildman–Crippen LogP) is 1.75. The van der Waals surface area contributed by atoms with Gasteiger partial charge in [-0.1, -0.05) is 12.2 Å². The third kappa shape index (κ3) is 6.34. The van der Waals surface area contributed by atoms with Gasteiger partial charge in [0.1, 0.15) is 0 Å². The van der Waals surface area contributed by atoms with E-state index in [1.807, 2.05) is 6.92 Å². The van der Waals surface area contributed by atoms with Gasteiger partial charge >= 0.3 is 5.97 Å². The summed E-state index contributed by atoms with van der Waals surface area (Å²) in [6.45, 7) is 11.3. The van der Waals surface area contributed by atoms with E-state index in [0.29, 0.717) is 12.6 Å². The topological polar surface area (TPSA) is 40.5 Å². The lowest BCUT2D eigenvalue weighted by atomic mass is 10.2. The van der Waals surface area contributed by atoms with Gasteiger partial charge in [-0.2, -0.15) is 0 Å². The first-order valence-corrected chi connectivity index (χ1v) is 4.53. The van der Waals surface area contributed by atoms with Gasteiger partial charge in [0, 0.05) is 19.1 Å². The van der Waals surface area contributed by atoms with Crippen LogP contribution in [0.15, 0.2) is 12.2 Å². The molecule has 0 rings (SSSR count). The predicted molar refractivity (Wildman–Crippen MR) is 53.8 cm³/mol. The Bertz CT molecular complexity index is 187. The standard InChI is InChI=1S/C10H19NO2/c1-8(2)7-11(9(3)4)6-5-10(12)13/h9H,1,5-7H2,2-4H3,(H,12,13). The Hall–Kier alpha value is -0.830. The number of carboxylic acids is 1. The second kappa shape index (κ2) is 5.75. The summed E-state index contributed by atoms with van der Waals surface area (Å²) in [5, 5.41) is 8.53. The summed E-state index contributed by atoms with van der Waals surface area (Å²) in [5.74, 6) is -0.743. The van der Waals surface area contributed by atoms with Crippen molar-refractivity contribution in [3.05, 3.63) is 12.2 Å². The smallest absolute Gasteiger partial charge is 0.304 e. The quantitative estimate of drug-likeness (QED) is 0.641. The third-order valence-electron chi connectivity index (χ3n) is 1.82. The highest BCUT2D eigenvalue weighted by Gasteiger charge is 2.10. The molecule has 0 saturated carbocycles. The summed E-state index contributed by atoms with van der Waals surface area (Å²) in [7, 11) is 0. The summed E-state index contributed by atoms with van der Waals surface area (Å²) in [5.41, 5.74) is 1.07. The Morgan fingerprint density at radius 3 is 2.38 bits per heavy atom. The lowest BCUT2D eigenvalue weighted by Gasteiger charge is -2.25. The molecular weight excluding hydrogens is 166 g/mol. The minimum atomic E-state index is -0.743. The number of nitrogens with zero attached hydrogens (tertiary/aromatic N) is 1. The maximum absolute atomic E-state index is 10.4. The molecule has 3 heteroatoms. The van der Waals surface area contributed by atoms with Gasteiger partial charge in [-0.05, 0) is 20.8 Å². The first-order chi connectivity index (χ1) is 5.93. The molecule has 0 fully saturated rings. The molecule has 0 atom stereocenters. The largest absolute Gasteiger partial charge is 0.481 e. The average molecular weight is 185 g/mol. The van der Waals surface area contributed by atoms with Crippen molar-refractivity contribution < 1.29 is 9.90 Å². The molecule has 1 N–H and O–H groups in total. The molecule has 13 heavy (non-hydrogen) atoms. The first-order valence-electron chi connectivity index (χ1n) is 4.53. The maximum Gasteiger partial charge on any atom is 0.304 e. The van der Waals surface area contributed by atoms with Crippen LogP contribution < -0.4 is 0 Å². The Morgan fingerprint density at radius 2 is 2.08 bits per heavy atom. The second-order valence-electron chi connectivity index (χ2n) is 3.67. The van der Waals surface area contributed by atoms with Crippen molar-refractivity contribution in [2.75, 3.05) is 13.1 Å². The molecule has 0 spiro atoms. The van der Waals surface area contributed by atoms with Gasteiger partial charge < -0.3 is 5.11 Å². The van der Waals surface area contributed by atoms with Crippen LogP contribution in [0.5, 0.6) is 0 Å². The van der Waals surface area contributed by atoms with Crippen LogP contribution in [0, 0.1) is 0 Å². The summed E-state index contributed by atoms with van der Waals surface area (Å²) in [6, 6.07) is 0.371. The molecule has 3 nitrogen and oxygen atoms in total. The van der Waals surface area contributed by atoms with Crippen molar-refractivity contribution in [3.8, 4) is 0 Å². The van der Waals surface area contributed by atoms with E-state index in [1.54, 1.807) is 0 Å². The van der Waals surface area contributed by atoms with Crippen LogP contribution in [0.25, 0.3) is 0 Å². The maximum atomic E-state index is 10.4. The van der Waals surface area contributed by atoms with Gasteiger partial charge in [-0.15, -0.1) is 0 Å². The van der Waals surface area contributed by atoms with Crippen molar-refractivity contribution in [1.82, 2.24) is 4.90 Å². The summed E-state index contributed by atoms with van der Waals surface area (Å²) in [4.78, 5) is 12.5. The van der Waals surface area contributed by atoms with Gasteiger partial charge in [0.05, 0.1) is 6.42 Å². The zero-order valence-electron chi connectivity index (χ0n) is 8.71. The van der Waals surface area contributed by atoms with E-state index in [-0.39, 0.29) is 6.42 Å². The molecule has 0 amide bonds. The van der Waals surface area contributed by atoms with Crippen LogP contribution in [0.4, 0.5) is 0 Å². The third-order valence-corrected chi connectivity index (χ3v) is 1.82. The van der Waals surface area contributed by atoms with Crippen LogP contribution in [0.2, 0.25) is 0 Å². The summed E-state index contributed by atoms with van der Waals surface area (Å²) < 4.78 is 0. The minimum absolute atomic E-state index is 0.200. The van der Waals surface area contributed by atoms with Gasteiger partial charge in [0.2, 0.25) is 0 Å². The highest BCUT2D eigenvalue weighted by molar-refractivity contribution is 5.66. The van der Waals surface area contributed by atoms with Gasteiger partial charge in [-0.25, -0.2) is 0 Å². The minimum Gasteiger partial charge on any atom is -0.481 e. The van der Waals surface area contributed by atoms with Crippen molar-refractivity contribution >= 4 is 5.97 Å². The Morgan fingerprint density at radius 1 is 1.54 bits per heavy atom. The lowest BCUT2D eigenvalue weighted by Crippen LogP contribution is -2.34.